The second-order valence-electron chi connectivity index (χ2n) is 4.44. The van der Waals surface area contributed by atoms with Gasteiger partial charge in [-0.1, -0.05) is 0 Å². The van der Waals surface area contributed by atoms with Gasteiger partial charge in [-0.3, -0.25) is 13.9 Å². The summed E-state index contributed by atoms with van der Waals surface area (Å²) in [6, 6.07) is 1.69. The SMILES string of the molecule is CN1CCC(n2ccc(=O)n(C)c2=O)CC1. The van der Waals surface area contributed by atoms with E-state index < -0.39 is 0 Å². The van der Waals surface area contributed by atoms with Crippen LogP contribution in [0.15, 0.2) is 21.9 Å². The highest BCUT2D eigenvalue weighted by molar-refractivity contribution is 4.89. The van der Waals surface area contributed by atoms with E-state index in [1.54, 1.807) is 10.8 Å². The number of aromatic nitrogens is 2. The third-order valence-electron chi connectivity index (χ3n) is 3.30. The van der Waals surface area contributed by atoms with E-state index in [2.05, 4.69) is 11.9 Å². The quantitative estimate of drug-likeness (QED) is 0.663. The molecule has 0 aliphatic carbocycles. The van der Waals surface area contributed by atoms with Crippen LogP contribution in [0.1, 0.15) is 18.9 Å². The Kier molecular flexibility index (Phi) is 2.96. The smallest absolute Gasteiger partial charge is 0.306 e. The first-order valence-corrected chi connectivity index (χ1v) is 5.56. The highest BCUT2D eigenvalue weighted by Crippen LogP contribution is 2.19. The van der Waals surface area contributed by atoms with Gasteiger partial charge in [-0.05, 0) is 33.0 Å². The van der Waals surface area contributed by atoms with Gasteiger partial charge in [-0.15, -0.1) is 0 Å². The Morgan fingerprint density at radius 3 is 2.44 bits per heavy atom. The Hall–Kier alpha value is -1.36. The van der Waals surface area contributed by atoms with Gasteiger partial charge in [-0.2, -0.15) is 0 Å². The standard InChI is InChI=1S/C11H17N3O2/c1-12-6-3-9(4-7-12)14-8-5-10(15)13(2)11(14)16/h5,8-9H,3-4,6-7H2,1-2H3. The van der Waals surface area contributed by atoms with Gasteiger partial charge in [0.1, 0.15) is 0 Å². The van der Waals surface area contributed by atoms with E-state index in [0.717, 1.165) is 30.5 Å². The maximum atomic E-state index is 11.9. The van der Waals surface area contributed by atoms with Crippen LogP contribution in [0.3, 0.4) is 0 Å². The zero-order valence-electron chi connectivity index (χ0n) is 9.72. The minimum Gasteiger partial charge on any atom is -0.306 e. The maximum absolute atomic E-state index is 11.9. The van der Waals surface area contributed by atoms with E-state index in [1.807, 2.05) is 0 Å². The largest absolute Gasteiger partial charge is 0.330 e. The van der Waals surface area contributed by atoms with Crippen LogP contribution >= 0.6 is 0 Å². The van der Waals surface area contributed by atoms with Crippen LogP contribution in [0.2, 0.25) is 0 Å². The van der Waals surface area contributed by atoms with E-state index >= 15 is 0 Å². The fourth-order valence-electron chi connectivity index (χ4n) is 2.14. The van der Waals surface area contributed by atoms with Gasteiger partial charge in [0.25, 0.3) is 5.56 Å². The van der Waals surface area contributed by atoms with Crippen molar-refractivity contribution < 1.29 is 0 Å². The molecule has 1 aromatic rings. The van der Waals surface area contributed by atoms with Gasteiger partial charge in [0.2, 0.25) is 0 Å². The first-order valence-electron chi connectivity index (χ1n) is 5.56. The zero-order valence-corrected chi connectivity index (χ0v) is 9.72. The van der Waals surface area contributed by atoms with Crippen LogP contribution in [0, 0.1) is 0 Å². The third-order valence-corrected chi connectivity index (χ3v) is 3.30. The molecule has 0 unspecified atom stereocenters. The first-order chi connectivity index (χ1) is 7.59. The molecule has 5 nitrogen and oxygen atoms in total. The summed E-state index contributed by atoms with van der Waals surface area (Å²) < 4.78 is 2.85. The zero-order chi connectivity index (χ0) is 11.7. The van der Waals surface area contributed by atoms with Crippen molar-refractivity contribution in [3.05, 3.63) is 33.1 Å². The van der Waals surface area contributed by atoms with E-state index in [9.17, 15) is 9.59 Å². The van der Waals surface area contributed by atoms with Crippen LogP contribution in [0.5, 0.6) is 0 Å². The highest BCUT2D eigenvalue weighted by atomic mass is 16.2. The molecule has 0 aromatic carbocycles. The Bertz CT molecular complexity index is 481. The highest BCUT2D eigenvalue weighted by Gasteiger charge is 2.19. The molecule has 0 amide bonds. The Morgan fingerprint density at radius 1 is 1.19 bits per heavy atom. The van der Waals surface area contributed by atoms with E-state index in [1.165, 1.54) is 13.1 Å². The van der Waals surface area contributed by atoms with Crippen LogP contribution < -0.4 is 11.2 Å². The average molecular weight is 223 g/mol. The lowest BCUT2D eigenvalue weighted by Gasteiger charge is -2.30. The number of nitrogens with zero attached hydrogens (tertiary/aromatic N) is 3. The van der Waals surface area contributed by atoms with Crippen molar-refractivity contribution >= 4 is 0 Å². The van der Waals surface area contributed by atoms with Gasteiger partial charge < -0.3 is 4.90 Å². The van der Waals surface area contributed by atoms with Gasteiger partial charge in [-0.25, -0.2) is 4.79 Å². The molecule has 0 atom stereocenters. The molecule has 1 aliphatic heterocycles. The van der Waals surface area contributed by atoms with E-state index in [-0.39, 0.29) is 17.3 Å². The molecule has 88 valence electrons. The molecular formula is C11H17N3O2. The summed E-state index contributed by atoms with van der Waals surface area (Å²) in [5.74, 6) is 0. The van der Waals surface area contributed by atoms with Crippen molar-refractivity contribution in [3.8, 4) is 0 Å². The lowest BCUT2D eigenvalue weighted by molar-refractivity contribution is 0.216. The lowest BCUT2D eigenvalue weighted by atomic mass is 10.1. The monoisotopic (exact) mass is 223 g/mol. The molecule has 16 heavy (non-hydrogen) atoms. The fraction of sp³-hybridized carbons (Fsp3) is 0.636. The fourth-order valence-corrected chi connectivity index (χ4v) is 2.14. The first kappa shape index (κ1) is 11.1. The molecule has 1 saturated heterocycles. The molecule has 0 radical (unpaired) electrons. The second kappa shape index (κ2) is 4.25. The van der Waals surface area contributed by atoms with Gasteiger partial charge in [0.15, 0.2) is 0 Å². The summed E-state index contributed by atoms with van der Waals surface area (Å²) in [6.45, 7) is 2.00. The summed E-state index contributed by atoms with van der Waals surface area (Å²) in [4.78, 5) is 25.4. The van der Waals surface area contributed by atoms with Crippen LogP contribution in [-0.4, -0.2) is 34.2 Å². The van der Waals surface area contributed by atoms with Crippen LogP contribution in [0.25, 0.3) is 0 Å². The predicted molar refractivity (Wildman–Crippen MR) is 61.7 cm³/mol. The van der Waals surface area contributed by atoms with Gasteiger partial charge in [0, 0.05) is 25.4 Å². The Morgan fingerprint density at radius 2 is 1.81 bits per heavy atom. The molecule has 1 aromatic heterocycles. The van der Waals surface area contributed by atoms with Crippen molar-refractivity contribution in [2.75, 3.05) is 20.1 Å². The summed E-state index contributed by atoms with van der Waals surface area (Å²) in [6.07, 6.45) is 3.56. The Labute approximate surface area is 93.9 Å². The molecule has 1 fully saturated rings. The second-order valence-corrected chi connectivity index (χ2v) is 4.44. The van der Waals surface area contributed by atoms with Crippen molar-refractivity contribution in [2.24, 2.45) is 7.05 Å². The number of rotatable bonds is 1. The molecule has 1 aliphatic rings. The van der Waals surface area contributed by atoms with Crippen molar-refractivity contribution in [1.82, 2.24) is 14.0 Å². The van der Waals surface area contributed by atoms with Crippen LogP contribution in [0.4, 0.5) is 0 Å². The number of hydrogen-bond donors (Lipinski definition) is 0. The summed E-state index contributed by atoms with van der Waals surface area (Å²) >= 11 is 0. The topological polar surface area (TPSA) is 47.2 Å². The number of hydrogen-bond acceptors (Lipinski definition) is 3. The molecule has 5 heteroatoms. The van der Waals surface area contributed by atoms with Crippen molar-refractivity contribution in [3.63, 3.8) is 0 Å². The molecule has 0 N–H and O–H groups in total. The molecule has 0 saturated carbocycles. The van der Waals surface area contributed by atoms with Crippen LogP contribution in [-0.2, 0) is 7.05 Å². The molecule has 2 heterocycles. The molecular weight excluding hydrogens is 206 g/mol. The summed E-state index contributed by atoms with van der Waals surface area (Å²) in [5, 5.41) is 0. The van der Waals surface area contributed by atoms with E-state index in [0.29, 0.717) is 0 Å². The minimum atomic E-state index is -0.242. The molecule has 0 spiro atoms. The van der Waals surface area contributed by atoms with Gasteiger partial charge in [0.05, 0.1) is 0 Å². The van der Waals surface area contributed by atoms with Gasteiger partial charge >= 0.3 is 5.69 Å². The Balaban J connectivity index is 2.31. The summed E-state index contributed by atoms with van der Waals surface area (Å²) in [7, 11) is 3.61. The minimum absolute atomic E-state index is 0.206. The maximum Gasteiger partial charge on any atom is 0.330 e. The normalized spacial score (nSPS) is 18.9. The predicted octanol–water partition coefficient (Wildman–Crippen LogP) is -0.186. The molecule has 0 bridgehead atoms. The summed E-state index contributed by atoms with van der Waals surface area (Å²) in [5.41, 5.74) is -0.448. The number of piperidine rings is 1. The number of likely N-dealkylation sites (tertiary alicyclic amines) is 1. The van der Waals surface area contributed by atoms with Crippen molar-refractivity contribution in [2.45, 2.75) is 18.9 Å². The third kappa shape index (κ3) is 1.95. The lowest BCUT2D eigenvalue weighted by Crippen LogP contribution is -2.41. The average Bonchev–Trinajstić information content (AvgIpc) is 2.28. The molecule has 2 rings (SSSR count). The van der Waals surface area contributed by atoms with Crippen molar-refractivity contribution in [1.29, 1.82) is 0 Å². The van der Waals surface area contributed by atoms with E-state index in [4.69, 9.17) is 0 Å².